The molecule has 1 aromatic rings. The molecule has 7 heteroatoms. The highest BCUT2D eigenvalue weighted by Gasteiger charge is 2.29. The molecule has 2 amide bonds. The van der Waals surface area contributed by atoms with Crippen LogP contribution < -0.4 is 5.32 Å². The second kappa shape index (κ2) is 7.72. The van der Waals surface area contributed by atoms with Gasteiger partial charge in [-0.3, -0.25) is 4.79 Å². The number of amides is 2. The summed E-state index contributed by atoms with van der Waals surface area (Å²) >= 11 is 3.31. The van der Waals surface area contributed by atoms with E-state index in [9.17, 15) is 14.0 Å². The summed E-state index contributed by atoms with van der Waals surface area (Å²) in [6.45, 7) is 8.05. The molecular weight excluding hydrogens is 391 g/mol. The molecule has 2 rings (SSSR count). The summed E-state index contributed by atoms with van der Waals surface area (Å²) in [5, 5.41) is 2.79. The first-order valence-electron chi connectivity index (χ1n) is 8.32. The van der Waals surface area contributed by atoms with E-state index in [-0.39, 0.29) is 17.5 Å². The van der Waals surface area contributed by atoms with Crippen molar-refractivity contribution in [3.05, 3.63) is 33.5 Å². The topological polar surface area (TPSA) is 58.6 Å². The van der Waals surface area contributed by atoms with Crippen molar-refractivity contribution >= 4 is 27.9 Å². The van der Waals surface area contributed by atoms with Gasteiger partial charge in [0.1, 0.15) is 11.4 Å². The van der Waals surface area contributed by atoms with Crippen LogP contribution in [-0.4, -0.2) is 41.6 Å². The first-order valence-corrected chi connectivity index (χ1v) is 9.11. The van der Waals surface area contributed by atoms with Crippen LogP contribution in [-0.2, 0) is 4.74 Å². The van der Waals surface area contributed by atoms with Crippen molar-refractivity contribution in [2.24, 2.45) is 0 Å². The summed E-state index contributed by atoms with van der Waals surface area (Å²) in [7, 11) is 0. The van der Waals surface area contributed by atoms with Crippen LogP contribution in [0.1, 0.15) is 49.5 Å². The molecule has 1 fully saturated rings. The maximum absolute atomic E-state index is 14.2. The maximum Gasteiger partial charge on any atom is 0.407 e. The number of piperidine rings is 1. The highest BCUT2D eigenvalue weighted by molar-refractivity contribution is 9.10. The minimum atomic E-state index is -0.580. The second-order valence-corrected chi connectivity index (χ2v) is 8.08. The average molecular weight is 415 g/mol. The number of carbonyl (C=O) groups is 2. The van der Waals surface area contributed by atoms with Crippen LogP contribution in [0.3, 0.4) is 0 Å². The molecule has 0 radical (unpaired) electrons. The van der Waals surface area contributed by atoms with Crippen LogP contribution >= 0.6 is 15.9 Å². The van der Waals surface area contributed by atoms with E-state index < -0.39 is 17.5 Å². The predicted molar refractivity (Wildman–Crippen MR) is 97.1 cm³/mol. The van der Waals surface area contributed by atoms with Gasteiger partial charge in [-0.1, -0.05) is 6.07 Å². The fourth-order valence-electron chi connectivity index (χ4n) is 2.76. The highest BCUT2D eigenvalue weighted by atomic mass is 79.9. The van der Waals surface area contributed by atoms with E-state index >= 15 is 0 Å². The largest absolute Gasteiger partial charge is 0.444 e. The number of alkyl carbamates (subject to hydrolysis) is 1. The van der Waals surface area contributed by atoms with Crippen LogP contribution in [0, 0.1) is 12.7 Å². The third-order valence-corrected chi connectivity index (χ3v) is 4.95. The monoisotopic (exact) mass is 414 g/mol. The van der Waals surface area contributed by atoms with Gasteiger partial charge in [-0.05, 0) is 68.1 Å². The van der Waals surface area contributed by atoms with E-state index in [4.69, 9.17) is 4.74 Å². The Hall–Kier alpha value is -1.63. The van der Waals surface area contributed by atoms with E-state index in [0.717, 1.165) is 18.4 Å². The summed E-state index contributed by atoms with van der Waals surface area (Å²) in [5.74, 6) is -0.923. The lowest BCUT2D eigenvalue weighted by Crippen LogP contribution is -2.50. The summed E-state index contributed by atoms with van der Waals surface area (Å²) in [4.78, 5) is 26.3. The molecule has 138 valence electrons. The number of nitrogens with one attached hydrogen (secondary N) is 1. The van der Waals surface area contributed by atoms with Gasteiger partial charge in [-0.15, -0.1) is 0 Å². The van der Waals surface area contributed by atoms with Crippen LogP contribution in [0.2, 0.25) is 0 Å². The first-order chi connectivity index (χ1) is 11.6. The van der Waals surface area contributed by atoms with Gasteiger partial charge in [0.05, 0.1) is 5.56 Å². The zero-order valence-corrected chi connectivity index (χ0v) is 16.6. The zero-order valence-electron chi connectivity index (χ0n) is 15.0. The van der Waals surface area contributed by atoms with Crippen LogP contribution in [0.5, 0.6) is 0 Å². The molecule has 1 aromatic carbocycles. The Balaban J connectivity index is 2.07. The van der Waals surface area contributed by atoms with Crippen molar-refractivity contribution in [1.82, 2.24) is 10.2 Å². The fourth-order valence-corrected chi connectivity index (χ4v) is 3.26. The molecule has 1 heterocycles. The van der Waals surface area contributed by atoms with Gasteiger partial charge in [0.2, 0.25) is 0 Å². The molecule has 0 aliphatic carbocycles. The second-order valence-electron chi connectivity index (χ2n) is 7.29. The predicted octanol–water partition coefficient (Wildman–Crippen LogP) is 4.03. The molecule has 1 N–H and O–H groups in total. The molecule has 1 saturated heterocycles. The van der Waals surface area contributed by atoms with Crippen molar-refractivity contribution in [3.8, 4) is 0 Å². The molecule has 1 atom stereocenters. The van der Waals surface area contributed by atoms with Gasteiger partial charge >= 0.3 is 6.09 Å². The van der Waals surface area contributed by atoms with Gasteiger partial charge in [0.25, 0.3) is 5.91 Å². The van der Waals surface area contributed by atoms with Crippen LogP contribution in [0.25, 0.3) is 0 Å². The Morgan fingerprint density at radius 2 is 2.04 bits per heavy atom. The number of ether oxygens (including phenoxy) is 1. The van der Waals surface area contributed by atoms with E-state index in [1.807, 2.05) is 6.92 Å². The third kappa shape index (κ3) is 5.17. The standard InChI is InChI=1S/C18H24BrFN2O3/c1-11-7-8-13(20)14(15(11)19)16(23)22-9-5-6-12(10-22)21-17(24)25-18(2,3)4/h7-8,12H,5-6,9-10H2,1-4H3,(H,21,24)/t12-/m1/s1. The van der Waals surface area contributed by atoms with E-state index in [2.05, 4.69) is 21.2 Å². The van der Waals surface area contributed by atoms with Crippen molar-refractivity contribution in [2.45, 2.75) is 52.2 Å². The number of halogens is 2. The summed E-state index contributed by atoms with van der Waals surface area (Å²) in [6, 6.07) is 2.71. The van der Waals surface area contributed by atoms with Gasteiger partial charge in [-0.25, -0.2) is 9.18 Å². The summed E-state index contributed by atoms with van der Waals surface area (Å²) in [6.07, 6.45) is 0.979. The molecule has 0 aromatic heterocycles. The number of nitrogens with zero attached hydrogens (tertiary/aromatic N) is 1. The quantitative estimate of drug-likeness (QED) is 0.794. The number of benzene rings is 1. The van der Waals surface area contributed by atoms with Crippen molar-refractivity contribution in [1.29, 1.82) is 0 Å². The maximum atomic E-state index is 14.2. The lowest BCUT2D eigenvalue weighted by molar-refractivity contribution is 0.0451. The minimum Gasteiger partial charge on any atom is -0.444 e. The Bertz CT molecular complexity index is 673. The molecule has 0 spiro atoms. The molecule has 0 unspecified atom stereocenters. The molecular formula is C18H24BrFN2O3. The average Bonchev–Trinajstić information content (AvgIpc) is 2.49. The van der Waals surface area contributed by atoms with Crippen molar-refractivity contribution in [2.75, 3.05) is 13.1 Å². The first kappa shape index (κ1) is 19.7. The van der Waals surface area contributed by atoms with Crippen LogP contribution in [0.4, 0.5) is 9.18 Å². The van der Waals surface area contributed by atoms with Crippen molar-refractivity contribution < 1.29 is 18.7 Å². The van der Waals surface area contributed by atoms with Gasteiger partial charge in [0.15, 0.2) is 0 Å². The Morgan fingerprint density at radius 1 is 1.36 bits per heavy atom. The third-order valence-electron chi connectivity index (χ3n) is 3.93. The summed E-state index contributed by atoms with van der Waals surface area (Å²) in [5.41, 5.74) is 0.257. The highest BCUT2D eigenvalue weighted by Crippen LogP contribution is 2.26. The molecule has 0 saturated carbocycles. The number of hydrogen-bond acceptors (Lipinski definition) is 3. The Morgan fingerprint density at radius 3 is 2.68 bits per heavy atom. The molecule has 1 aliphatic rings. The number of aryl methyl sites for hydroxylation is 1. The minimum absolute atomic E-state index is 0.0397. The molecule has 0 bridgehead atoms. The number of carbonyl (C=O) groups excluding carboxylic acids is 2. The summed E-state index contributed by atoms with van der Waals surface area (Å²) < 4.78 is 19.9. The fraction of sp³-hybridized carbons (Fsp3) is 0.556. The van der Waals surface area contributed by atoms with E-state index in [1.165, 1.54) is 6.07 Å². The number of likely N-dealkylation sites (tertiary alicyclic amines) is 1. The molecule has 1 aliphatic heterocycles. The molecule has 25 heavy (non-hydrogen) atoms. The Labute approximate surface area is 156 Å². The molecule has 5 nitrogen and oxygen atoms in total. The van der Waals surface area contributed by atoms with Crippen LogP contribution in [0.15, 0.2) is 16.6 Å². The van der Waals surface area contributed by atoms with E-state index in [0.29, 0.717) is 17.6 Å². The van der Waals surface area contributed by atoms with Gasteiger partial charge in [0, 0.05) is 23.6 Å². The van der Waals surface area contributed by atoms with Gasteiger partial charge < -0.3 is 15.0 Å². The Kier molecular flexibility index (Phi) is 6.08. The zero-order chi connectivity index (χ0) is 18.8. The number of hydrogen-bond donors (Lipinski definition) is 1. The SMILES string of the molecule is Cc1ccc(F)c(C(=O)N2CCC[C@@H](NC(=O)OC(C)(C)C)C2)c1Br. The normalized spacial score (nSPS) is 18.0. The smallest absolute Gasteiger partial charge is 0.407 e. The van der Waals surface area contributed by atoms with Crippen molar-refractivity contribution in [3.63, 3.8) is 0 Å². The lowest BCUT2D eigenvalue weighted by atomic mass is 10.0. The van der Waals surface area contributed by atoms with E-state index in [1.54, 1.807) is 31.7 Å². The van der Waals surface area contributed by atoms with Gasteiger partial charge in [-0.2, -0.15) is 0 Å². The number of rotatable bonds is 2. The lowest BCUT2D eigenvalue weighted by Gasteiger charge is -2.34.